The average Bonchev–Trinajstić information content (AvgIpc) is 2.86. The van der Waals surface area contributed by atoms with Gasteiger partial charge in [-0.2, -0.15) is 0 Å². The van der Waals surface area contributed by atoms with E-state index in [0.717, 1.165) is 0 Å². The van der Waals surface area contributed by atoms with Gasteiger partial charge in [-0.25, -0.2) is 4.79 Å². The van der Waals surface area contributed by atoms with Crippen LogP contribution in [0.5, 0.6) is 0 Å². The average molecular weight is 617 g/mol. The van der Waals surface area contributed by atoms with Crippen LogP contribution in [0.15, 0.2) is 47.4 Å². The van der Waals surface area contributed by atoms with Crippen molar-refractivity contribution in [2.24, 2.45) is 0 Å². The number of aryl methyl sites for hydroxylation is 1. The van der Waals surface area contributed by atoms with Gasteiger partial charge in [-0.3, -0.25) is 19.7 Å². The van der Waals surface area contributed by atoms with Crippen LogP contribution in [0.3, 0.4) is 0 Å². The van der Waals surface area contributed by atoms with Crippen LogP contribution in [0.25, 0.3) is 0 Å². The third kappa shape index (κ3) is 6.51. The van der Waals surface area contributed by atoms with Gasteiger partial charge in [0.2, 0.25) is 5.91 Å². The van der Waals surface area contributed by atoms with Crippen molar-refractivity contribution in [2.45, 2.75) is 24.0 Å². The highest BCUT2D eigenvalue weighted by molar-refractivity contribution is 8.00. The number of halogens is 4. The fraction of sp³-hybridized carbons (Fsp3) is 0.125. The summed E-state index contributed by atoms with van der Waals surface area (Å²) in [6.45, 7) is 3.35. The van der Waals surface area contributed by atoms with E-state index in [4.69, 9.17) is 46.4 Å². The summed E-state index contributed by atoms with van der Waals surface area (Å²) in [4.78, 5) is 48.3. The molecule has 0 saturated heterocycles. The number of carboxylic acid groups (broad SMARTS) is 1. The van der Waals surface area contributed by atoms with E-state index in [1.807, 2.05) is 0 Å². The third-order valence-corrected chi connectivity index (χ3v) is 8.09. The number of carbonyl (C=O) groups is 3. The monoisotopic (exact) mass is 615 g/mol. The molecule has 0 radical (unpaired) electrons. The number of amides is 2. The lowest BCUT2D eigenvalue weighted by molar-refractivity contribution is -0.384. The Kier molecular flexibility index (Phi) is 9.50. The van der Waals surface area contributed by atoms with Crippen molar-refractivity contribution in [1.29, 1.82) is 0 Å². The minimum atomic E-state index is -1.51. The van der Waals surface area contributed by atoms with Crippen molar-refractivity contribution in [1.82, 2.24) is 0 Å². The minimum Gasteiger partial charge on any atom is -0.478 e. The summed E-state index contributed by atoms with van der Waals surface area (Å²) in [6.07, 6.45) is 0. The first-order chi connectivity index (χ1) is 17.8. The highest BCUT2D eigenvalue weighted by Crippen LogP contribution is 2.42. The zero-order chi connectivity index (χ0) is 28.3. The molecule has 0 saturated carbocycles. The van der Waals surface area contributed by atoms with Gasteiger partial charge in [-0.1, -0.05) is 46.4 Å². The van der Waals surface area contributed by atoms with Gasteiger partial charge in [0.05, 0.1) is 41.4 Å². The molecule has 0 aromatic heterocycles. The van der Waals surface area contributed by atoms with Crippen LogP contribution in [0.2, 0.25) is 20.1 Å². The van der Waals surface area contributed by atoms with Crippen molar-refractivity contribution < 1.29 is 24.4 Å². The number of hydrogen-bond donors (Lipinski definition) is 3. The number of thioether (sulfide) groups is 1. The number of nitrogens with one attached hydrogen (secondary N) is 2. The van der Waals surface area contributed by atoms with Gasteiger partial charge >= 0.3 is 5.97 Å². The van der Waals surface area contributed by atoms with Crippen molar-refractivity contribution in [3.63, 3.8) is 0 Å². The number of carbonyl (C=O) groups excluding carboxylic acids is 2. The quantitative estimate of drug-likeness (QED) is 0.0779. The molecule has 3 aromatic carbocycles. The number of aromatic carboxylic acids is 1. The number of rotatable bonds is 8. The maximum atomic E-state index is 12.9. The molecule has 0 heterocycles. The van der Waals surface area contributed by atoms with Crippen LogP contribution in [-0.4, -0.2) is 33.1 Å². The predicted molar refractivity (Wildman–Crippen MR) is 150 cm³/mol. The number of nitro benzene ring substituents is 1. The molecule has 0 spiro atoms. The Labute approximate surface area is 240 Å². The van der Waals surface area contributed by atoms with Crippen LogP contribution < -0.4 is 10.6 Å². The number of carboxylic acids is 1. The van der Waals surface area contributed by atoms with E-state index < -0.39 is 38.2 Å². The molecule has 1 atom stereocenters. The highest BCUT2D eigenvalue weighted by atomic mass is 35.5. The molecule has 0 aliphatic carbocycles. The van der Waals surface area contributed by atoms with Crippen LogP contribution >= 0.6 is 58.2 Å². The first-order valence-electron chi connectivity index (χ1n) is 10.5. The minimum absolute atomic E-state index is 0.0705. The van der Waals surface area contributed by atoms with Gasteiger partial charge in [0, 0.05) is 28.4 Å². The number of nitro groups is 1. The molecule has 0 aliphatic heterocycles. The number of non-ortho nitro benzene ring substituents is 1. The molecule has 198 valence electrons. The van der Waals surface area contributed by atoms with Gasteiger partial charge in [-0.15, -0.1) is 11.8 Å². The molecule has 3 rings (SSSR count). The molecular formula is C24H17Cl4N3O6S. The van der Waals surface area contributed by atoms with E-state index in [1.54, 1.807) is 38.1 Å². The van der Waals surface area contributed by atoms with E-state index in [-0.39, 0.29) is 26.7 Å². The zero-order valence-corrected chi connectivity index (χ0v) is 23.3. The van der Waals surface area contributed by atoms with E-state index in [0.29, 0.717) is 21.8 Å². The van der Waals surface area contributed by atoms with E-state index in [9.17, 15) is 29.6 Å². The first kappa shape index (κ1) is 29.5. The molecule has 3 aromatic rings. The molecule has 0 bridgehead atoms. The summed E-state index contributed by atoms with van der Waals surface area (Å²) in [5.41, 5.74) is 0.237. The molecule has 14 heteroatoms. The molecule has 9 nitrogen and oxygen atoms in total. The third-order valence-electron chi connectivity index (χ3n) is 5.18. The van der Waals surface area contributed by atoms with Gasteiger partial charge in [0.15, 0.2) is 0 Å². The van der Waals surface area contributed by atoms with Crippen LogP contribution in [0.4, 0.5) is 17.1 Å². The second kappa shape index (κ2) is 12.2. The number of anilines is 2. The summed E-state index contributed by atoms with van der Waals surface area (Å²) < 4.78 is 0. The number of nitrogens with zero attached hydrogens (tertiary/aromatic N) is 1. The largest absolute Gasteiger partial charge is 0.478 e. The summed E-state index contributed by atoms with van der Waals surface area (Å²) >= 11 is 25.3. The standard InChI is InChI=1S/C24H17Cl4N3O6S/c1-10-9-13(31(36)37)5-8-15(10)30-22(32)11(2)38-14-6-3-12(4-7-14)29-23(33)16-17(24(34)35)19(26)21(28)20(27)18(16)25/h3-9,11H,1-2H3,(H,29,33)(H,30,32)(H,34,35). The highest BCUT2D eigenvalue weighted by Gasteiger charge is 2.29. The normalized spacial score (nSPS) is 11.5. The van der Waals surface area contributed by atoms with Crippen LogP contribution in [-0.2, 0) is 4.79 Å². The van der Waals surface area contributed by atoms with Crippen molar-refractivity contribution in [2.75, 3.05) is 10.6 Å². The summed E-state index contributed by atoms with van der Waals surface area (Å²) in [5, 5.41) is 23.9. The summed E-state index contributed by atoms with van der Waals surface area (Å²) in [5.74, 6) is -2.68. The Morgan fingerprint density at radius 3 is 2.03 bits per heavy atom. The molecule has 2 amide bonds. The Hall–Kier alpha value is -3.02. The lowest BCUT2D eigenvalue weighted by atomic mass is 10.1. The molecule has 38 heavy (non-hydrogen) atoms. The smallest absolute Gasteiger partial charge is 0.338 e. The maximum absolute atomic E-state index is 12.9. The number of hydrogen-bond acceptors (Lipinski definition) is 6. The fourth-order valence-electron chi connectivity index (χ4n) is 3.25. The summed E-state index contributed by atoms with van der Waals surface area (Å²) in [7, 11) is 0. The lowest BCUT2D eigenvalue weighted by Gasteiger charge is -2.15. The maximum Gasteiger partial charge on any atom is 0.338 e. The second-order valence-corrected chi connectivity index (χ2v) is 10.7. The van der Waals surface area contributed by atoms with Gasteiger partial charge < -0.3 is 15.7 Å². The van der Waals surface area contributed by atoms with Gasteiger partial charge in [0.1, 0.15) is 0 Å². The van der Waals surface area contributed by atoms with Gasteiger partial charge in [-0.05, 0) is 49.7 Å². The SMILES string of the molecule is Cc1cc([N+](=O)[O-])ccc1NC(=O)C(C)Sc1ccc(NC(=O)c2c(Cl)c(Cl)c(Cl)c(Cl)c2C(=O)O)cc1. The number of benzene rings is 3. The summed E-state index contributed by atoms with van der Waals surface area (Å²) in [6, 6.07) is 10.6. The fourth-order valence-corrected chi connectivity index (χ4v) is 5.14. The van der Waals surface area contributed by atoms with Crippen molar-refractivity contribution in [3.05, 3.63) is 89.4 Å². The van der Waals surface area contributed by atoms with Crippen LogP contribution in [0.1, 0.15) is 33.2 Å². The van der Waals surface area contributed by atoms with E-state index in [1.165, 1.54) is 30.0 Å². The predicted octanol–water partition coefficient (Wildman–Crippen LogP) is 7.59. The van der Waals surface area contributed by atoms with Crippen molar-refractivity contribution >= 4 is 93.0 Å². The molecule has 0 aliphatic rings. The zero-order valence-electron chi connectivity index (χ0n) is 19.5. The Morgan fingerprint density at radius 1 is 0.921 bits per heavy atom. The second-order valence-electron chi connectivity index (χ2n) is 7.80. The Balaban J connectivity index is 1.70. The molecule has 1 unspecified atom stereocenters. The molecule has 3 N–H and O–H groups in total. The Morgan fingerprint density at radius 2 is 1.50 bits per heavy atom. The van der Waals surface area contributed by atoms with Crippen molar-refractivity contribution in [3.8, 4) is 0 Å². The lowest BCUT2D eigenvalue weighted by Crippen LogP contribution is -2.22. The molecule has 0 fully saturated rings. The van der Waals surface area contributed by atoms with Gasteiger partial charge in [0.25, 0.3) is 11.6 Å². The van der Waals surface area contributed by atoms with E-state index in [2.05, 4.69) is 10.6 Å². The Bertz CT molecular complexity index is 1470. The molecular weight excluding hydrogens is 600 g/mol. The first-order valence-corrected chi connectivity index (χ1v) is 12.9. The van der Waals surface area contributed by atoms with E-state index >= 15 is 0 Å². The topological polar surface area (TPSA) is 139 Å². The van der Waals surface area contributed by atoms with Crippen LogP contribution in [0, 0.1) is 17.0 Å².